The lowest BCUT2D eigenvalue weighted by molar-refractivity contribution is -0.143. The molecule has 4 rings (SSSR count). The number of anilines is 1. The Labute approximate surface area is 203 Å². The zero-order valence-corrected chi connectivity index (χ0v) is 18.9. The van der Waals surface area contributed by atoms with Crippen LogP contribution < -0.4 is 5.32 Å². The number of nitrogens with zero attached hydrogens (tertiary/aromatic N) is 1. The van der Waals surface area contributed by atoms with E-state index in [0.29, 0.717) is 17.5 Å². The van der Waals surface area contributed by atoms with Gasteiger partial charge in [-0.2, -0.15) is 26.3 Å². The van der Waals surface area contributed by atoms with Gasteiger partial charge in [0.2, 0.25) is 0 Å². The Balaban J connectivity index is 1.67. The molecule has 12 heteroatoms. The lowest BCUT2D eigenvalue weighted by Crippen LogP contribution is -2.14. The van der Waals surface area contributed by atoms with Crippen molar-refractivity contribution in [1.82, 2.24) is 4.98 Å². The standard InChI is InChI=1S/C24H14F6N2O3S/c1-35-22(34)20-19(6-7-36-20)32-21(33)13-3-5-17-12(8-13)2-4-18(31-17)14-9-15(23(25,26)27)11-16(10-14)24(28,29)30/h2-11H,1H3,(H,32,33). The maximum Gasteiger partial charge on any atom is 0.416 e. The molecule has 4 aromatic rings. The van der Waals surface area contributed by atoms with E-state index in [-0.39, 0.29) is 39.0 Å². The Morgan fingerprint density at radius 2 is 1.56 bits per heavy atom. The number of alkyl halides is 6. The van der Waals surface area contributed by atoms with E-state index in [4.69, 9.17) is 0 Å². The van der Waals surface area contributed by atoms with Gasteiger partial charge in [-0.1, -0.05) is 6.07 Å². The summed E-state index contributed by atoms with van der Waals surface area (Å²) < 4.78 is 83.9. The third kappa shape index (κ3) is 5.18. The van der Waals surface area contributed by atoms with Gasteiger partial charge in [-0.3, -0.25) is 4.79 Å². The molecule has 0 atom stereocenters. The van der Waals surface area contributed by atoms with Crippen molar-refractivity contribution in [3.63, 3.8) is 0 Å². The van der Waals surface area contributed by atoms with Crippen LogP contribution in [0.15, 0.2) is 60.0 Å². The quantitative estimate of drug-likeness (QED) is 0.230. The SMILES string of the molecule is COC(=O)c1sccc1NC(=O)c1ccc2nc(-c3cc(C(F)(F)F)cc(C(F)(F)F)c3)ccc2c1. The molecule has 0 unspecified atom stereocenters. The second-order valence-electron chi connectivity index (χ2n) is 7.51. The van der Waals surface area contributed by atoms with Crippen LogP contribution in [0.2, 0.25) is 0 Å². The van der Waals surface area contributed by atoms with Gasteiger partial charge in [0, 0.05) is 16.5 Å². The Bertz CT molecular complexity index is 1440. The number of nitrogens with one attached hydrogen (secondary N) is 1. The summed E-state index contributed by atoms with van der Waals surface area (Å²) in [6.45, 7) is 0. The Kier molecular flexibility index (Phi) is 6.48. The topological polar surface area (TPSA) is 68.3 Å². The lowest BCUT2D eigenvalue weighted by Gasteiger charge is -2.14. The van der Waals surface area contributed by atoms with E-state index in [2.05, 4.69) is 15.0 Å². The summed E-state index contributed by atoms with van der Waals surface area (Å²) in [4.78, 5) is 28.9. The van der Waals surface area contributed by atoms with Crippen molar-refractivity contribution in [2.24, 2.45) is 0 Å². The van der Waals surface area contributed by atoms with Crippen molar-refractivity contribution in [3.05, 3.63) is 81.5 Å². The molecule has 186 valence electrons. The van der Waals surface area contributed by atoms with Crippen molar-refractivity contribution in [2.75, 3.05) is 12.4 Å². The predicted octanol–water partition coefficient (Wildman–Crippen LogP) is 7.04. The molecule has 0 bridgehead atoms. The molecular formula is C24H14F6N2O3S. The number of carbonyl (C=O) groups is 2. The van der Waals surface area contributed by atoms with Crippen LogP contribution in [0.4, 0.5) is 32.0 Å². The average molecular weight is 524 g/mol. The fourth-order valence-electron chi connectivity index (χ4n) is 3.38. The van der Waals surface area contributed by atoms with Gasteiger partial charge in [0.05, 0.1) is 35.1 Å². The monoisotopic (exact) mass is 524 g/mol. The van der Waals surface area contributed by atoms with Crippen LogP contribution in [-0.4, -0.2) is 24.0 Å². The first-order chi connectivity index (χ1) is 16.9. The van der Waals surface area contributed by atoms with Crippen LogP contribution in [0.5, 0.6) is 0 Å². The van der Waals surface area contributed by atoms with Crippen LogP contribution in [0, 0.1) is 0 Å². The third-order valence-corrected chi connectivity index (χ3v) is 6.01. The Morgan fingerprint density at radius 1 is 0.889 bits per heavy atom. The van der Waals surface area contributed by atoms with Crippen molar-refractivity contribution in [2.45, 2.75) is 12.4 Å². The molecule has 1 amide bonds. The van der Waals surface area contributed by atoms with E-state index in [1.165, 1.54) is 43.5 Å². The van der Waals surface area contributed by atoms with E-state index in [1.54, 1.807) is 5.38 Å². The number of ether oxygens (including phenoxy) is 1. The molecule has 2 aromatic heterocycles. The fraction of sp³-hybridized carbons (Fsp3) is 0.125. The maximum atomic E-state index is 13.2. The Hall–Kier alpha value is -3.93. The minimum Gasteiger partial charge on any atom is -0.465 e. The second-order valence-corrected chi connectivity index (χ2v) is 8.42. The second kappa shape index (κ2) is 9.26. The highest BCUT2D eigenvalue weighted by Crippen LogP contribution is 2.38. The van der Waals surface area contributed by atoms with Crippen molar-refractivity contribution >= 4 is 39.8 Å². The van der Waals surface area contributed by atoms with E-state index in [9.17, 15) is 35.9 Å². The number of amides is 1. The number of rotatable bonds is 4. The number of hydrogen-bond donors (Lipinski definition) is 1. The summed E-state index contributed by atoms with van der Waals surface area (Å²) in [6, 6.07) is 9.77. The normalized spacial score (nSPS) is 12.0. The average Bonchev–Trinajstić information content (AvgIpc) is 3.29. The molecule has 0 saturated carbocycles. The van der Waals surface area contributed by atoms with Gasteiger partial charge in [0.25, 0.3) is 5.91 Å². The predicted molar refractivity (Wildman–Crippen MR) is 121 cm³/mol. The first-order valence-corrected chi connectivity index (χ1v) is 10.9. The van der Waals surface area contributed by atoms with Gasteiger partial charge in [0.1, 0.15) is 4.88 Å². The molecule has 0 fully saturated rings. The van der Waals surface area contributed by atoms with E-state index < -0.39 is 35.4 Å². The van der Waals surface area contributed by atoms with Crippen LogP contribution in [0.3, 0.4) is 0 Å². The fourth-order valence-corrected chi connectivity index (χ4v) is 4.15. The lowest BCUT2D eigenvalue weighted by atomic mass is 10.0. The van der Waals surface area contributed by atoms with Gasteiger partial charge in [0.15, 0.2) is 0 Å². The molecule has 0 aliphatic rings. The highest BCUT2D eigenvalue weighted by Gasteiger charge is 2.37. The van der Waals surface area contributed by atoms with Gasteiger partial charge in [-0.05, 0) is 53.9 Å². The van der Waals surface area contributed by atoms with Gasteiger partial charge < -0.3 is 10.1 Å². The summed E-state index contributed by atoms with van der Waals surface area (Å²) >= 11 is 1.09. The molecule has 0 aliphatic heterocycles. The molecule has 2 heterocycles. The number of pyridine rings is 1. The molecule has 36 heavy (non-hydrogen) atoms. The highest BCUT2D eigenvalue weighted by atomic mass is 32.1. The van der Waals surface area contributed by atoms with Crippen LogP contribution in [0.1, 0.15) is 31.2 Å². The van der Waals surface area contributed by atoms with E-state index >= 15 is 0 Å². The number of methoxy groups -OCH3 is 1. The minimum absolute atomic E-state index is 0.0501. The number of halogens is 6. The van der Waals surface area contributed by atoms with Gasteiger partial charge >= 0.3 is 18.3 Å². The van der Waals surface area contributed by atoms with Gasteiger partial charge in [-0.25, -0.2) is 9.78 Å². The van der Waals surface area contributed by atoms with Crippen molar-refractivity contribution < 1.29 is 40.7 Å². The van der Waals surface area contributed by atoms with Gasteiger partial charge in [-0.15, -0.1) is 11.3 Å². The van der Waals surface area contributed by atoms with E-state index in [1.807, 2.05) is 0 Å². The summed E-state index contributed by atoms with van der Waals surface area (Å²) in [5.41, 5.74) is -2.64. The number of hydrogen-bond acceptors (Lipinski definition) is 5. The molecular weight excluding hydrogens is 510 g/mol. The van der Waals surface area contributed by atoms with Crippen LogP contribution in [-0.2, 0) is 17.1 Å². The zero-order chi connectivity index (χ0) is 26.3. The minimum atomic E-state index is -4.98. The molecule has 0 aliphatic carbocycles. The van der Waals surface area contributed by atoms with Crippen molar-refractivity contribution in [1.29, 1.82) is 0 Å². The number of fused-ring (bicyclic) bond motifs is 1. The summed E-state index contributed by atoms with van der Waals surface area (Å²) in [5, 5.41) is 4.63. The molecule has 0 radical (unpaired) electrons. The van der Waals surface area contributed by atoms with Crippen LogP contribution in [0.25, 0.3) is 22.2 Å². The van der Waals surface area contributed by atoms with Crippen molar-refractivity contribution in [3.8, 4) is 11.3 Å². The summed E-state index contributed by atoms with van der Waals surface area (Å²) in [5.74, 6) is -1.16. The first kappa shape index (κ1) is 25.2. The first-order valence-electron chi connectivity index (χ1n) is 10.0. The number of thiophene rings is 1. The number of esters is 1. The third-order valence-electron chi connectivity index (χ3n) is 5.12. The number of aromatic nitrogens is 1. The maximum absolute atomic E-state index is 13.2. The molecule has 5 nitrogen and oxygen atoms in total. The molecule has 0 spiro atoms. The number of benzene rings is 2. The highest BCUT2D eigenvalue weighted by molar-refractivity contribution is 7.12. The smallest absolute Gasteiger partial charge is 0.416 e. The molecule has 0 saturated heterocycles. The zero-order valence-electron chi connectivity index (χ0n) is 18.1. The largest absolute Gasteiger partial charge is 0.465 e. The number of carbonyl (C=O) groups excluding carboxylic acids is 2. The molecule has 1 N–H and O–H groups in total. The summed E-state index contributed by atoms with van der Waals surface area (Å²) in [7, 11) is 1.21. The van der Waals surface area contributed by atoms with E-state index in [0.717, 1.165) is 11.3 Å². The van der Waals surface area contributed by atoms with Crippen LogP contribution >= 0.6 is 11.3 Å². The Morgan fingerprint density at radius 3 is 2.17 bits per heavy atom. The summed E-state index contributed by atoms with van der Waals surface area (Å²) in [6.07, 6.45) is -9.96. The molecule has 2 aromatic carbocycles.